The van der Waals surface area contributed by atoms with Gasteiger partial charge < -0.3 is 11.1 Å². The Balaban J connectivity index is 2.76. The summed E-state index contributed by atoms with van der Waals surface area (Å²) in [7, 11) is 0. The van der Waals surface area contributed by atoms with Gasteiger partial charge in [-0.1, -0.05) is 12.1 Å². The topological polar surface area (TPSA) is 96.2 Å². The summed E-state index contributed by atoms with van der Waals surface area (Å²) in [5.41, 5.74) is 11.1. The van der Waals surface area contributed by atoms with Crippen LogP contribution in [0.3, 0.4) is 0 Å². The molecule has 1 aromatic carbocycles. The summed E-state index contributed by atoms with van der Waals surface area (Å²) in [5, 5.41) is 2.42. The average Bonchev–Trinajstić information content (AvgIpc) is 2.15. The van der Waals surface area contributed by atoms with Gasteiger partial charge in [-0.25, -0.2) is 4.79 Å². The maximum atomic E-state index is 10.7. The SMILES string of the molecule is NC(=O)Nc1ccccc1NNC(=O)I. The van der Waals surface area contributed by atoms with Gasteiger partial charge in [-0.05, 0) is 12.1 Å². The molecular formula is C8H9IN4O2. The number of benzene rings is 1. The Morgan fingerprint density at radius 3 is 2.33 bits per heavy atom. The number of carbonyl (C=O) groups excluding carboxylic acids is 2. The zero-order valence-electron chi connectivity index (χ0n) is 7.58. The van der Waals surface area contributed by atoms with E-state index in [-0.39, 0.29) is 3.91 Å². The molecule has 3 amide bonds. The third-order valence-electron chi connectivity index (χ3n) is 1.48. The number of hydrogen-bond acceptors (Lipinski definition) is 3. The number of primary amides is 1. The van der Waals surface area contributed by atoms with Crippen molar-refractivity contribution in [2.24, 2.45) is 5.73 Å². The van der Waals surface area contributed by atoms with Gasteiger partial charge in [0, 0.05) is 22.6 Å². The Morgan fingerprint density at radius 1 is 1.20 bits per heavy atom. The second-order valence-corrected chi connectivity index (χ2v) is 3.54. The zero-order valence-corrected chi connectivity index (χ0v) is 9.74. The Bertz CT molecular complexity index is 383. The van der Waals surface area contributed by atoms with E-state index in [2.05, 4.69) is 16.2 Å². The molecule has 1 rings (SSSR count). The molecule has 0 saturated carbocycles. The number of carbonyl (C=O) groups is 2. The van der Waals surface area contributed by atoms with Crippen LogP contribution in [-0.4, -0.2) is 9.95 Å². The second kappa shape index (κ2) is 5.39. The second-order valence-electron chi connectivity index (χ2n) is 2.56. The number of amides is 3. The summed E-state index contributed by atoms with van der Waals surface area (Å²) in [4.78, 5) is 21.3. The minimum atomic E-state index is -0.662. The minimum Gasteiger partial charge on any atom is -0.351 e. The summed E-state index contributed by atoms with van der Waals surface area (Å²) < 4.78 is -0.263. The lowest BCUT2D eigenvalue weighted by molar-refractivity contribution is 0.259. The number of para-hydroxylation sites is 2. The van der Waals surface area contributed by atoms with E-state index < -0.39 is 6.03 Å². The molecule has 6 nitrogen and oxygen atoms in total. The lowest BCUT2D eigenvalue weighted by atomic mass is 10.3. The summed E-state index contributed by atoms with van der Waals surface area (Å²) in [6, 6.07) is 6.19. The Labute approximate surface area is 99.7 Å². The standard InChI is InChI=1S/C8H9IN4O2/c9-7(14)13-12-6-4-2-1-3-5(6)11-8(10)15/h1-4,12H,(H,13,14)(H3,10,11,15). The van der Waals surface area contributed by atoms with Crippen molar-refractivity contribution in [1.29, 1.82) is 0 Å². The molecule has 0 bridgehead atoms. The van der Waals surface area contributed by atoms with E-state index in [0.717, 1.165) is 0 Å². The van der Waals surface area contributed by atoms with Gasteiger partial charge >= 0.3 is 6.03 Å². The van der Waals surface area contributed by atoms with Crippen LogP contribution in [0.25, 0.3) is 0 Å². The van der Waals surface area contributed by atoms with E-state index in [4.69, 9.17) is 5.73 Å². The summed E-state index contributed by atoms with van der Waals surface area (Å²) in [6.07, 6.45) is 0. The highest BCUT2D eigenvalue weighted by molar-refractivity contribution is 14.1. The molecule has 0 saturated heterocycles. The largest absolute Gasteiger partial charge is 0.351 e. The third kappa shape index (κ3) is 4.02. The molecule has 0 aromatic heterocycles. The van der Waals surface area contributed by atoms with Crippen molar-refractivity contribution in [3.8, 4) is 0 Å². The molecule has 0 unspecified atom stereocenters. The first-order valence-electron chi connectivity index (χ1n) is 3.96. The first kappa shape index (κ1) is 11.6. The fourth-order valence-electron chi connectivity index (χ4n) is 0.950. The van der Waals surface area contributed by atoms with Crippen LogP contribution >= 0.6 is 22.6 Å². The van der Waals surface area contributed by atoms with Gasteiger partial charge in [-0.2, -0.15) is 0 Å². The molecule has 80 valence electrons. The number of nitrogens with two attached hydrogens (primary N) is 1. The molecule has 0 heterocycles. The first-order valence-corrected chi connectivity index (χ1v) is 5.04. The van der Waals surface area contributed by atoms with Gasteiger partial charge in [0.2, 0.25) is 0 Å². The molecule has 0 aliphatic carbocycles. The predicted molar refractivity (Wildman–Crippen MR) is 65.8 cm³/mol. The van der Waals surface area contributed by atoms with E-state index in [1.807, 2.05) is 0 Å². The number of anilines is 2. The quantitative estimate of drug-likeness (QED) is 0.295. The van der Waals surface area contributed by atoms with Gasteiger partial charge in [0.1, 0.15) is 0 Å². The highest BCUT2D eigenvalue weighted by Gasteiger charge is 2.03. The number of nitrogens with one attached hydrogen (secondary N) is 3. The molecule has 0 aliphatic heterocycles. The zero-order chi connectivity index (χ0) is 11.3. The first-order chi connectivity index (χ1) is 7.09. The Morgan fingerprint density at radius 2 is 1.80 bits per heavy atom. The van der Waals surface area contributed by atoms with Gasteiger partial charge in [0.05, 0.1) is 11.4 Å². The molecule has 15 heavy (non-hydrogen) atoms. The number of halogens is 1. The third-order valence-corrected chi connectivity index (χ3v) is 1.75. The van der Waals surface area contributed by atoms with E-state index >= 15 is 0 Å². The van der Waals surface area contributed by atoms with Crippen molar-refractivity contribution in [2.45, 2.75) is 0 Å². The van der Waals surface area contributed by atoms with E-state index in [0.29, 0.717) is 11.4 Å². The summed E-state index contributed by atoms with van der Waals surface area (Å²) >= 11 is 1.58. The fourth-order valence-corrected chi connectivity index (χ4v) is 1.09. The van der Waals surface area contributed by atoms with Crippen molar-refractivity contribution < 1.29 is 9.59 Å². The van der Waals surface area contributed by atoms with Crippen molar-refractivity contribution in [1.82, 2.24) is 5.43 Å². The van der Waals surface area contributed by atoms with Crippen LogP contribution in [0.4, 0.5) is 21.0 Å². The molecule has 0 spiro atoms. The predicted octanol–water partition coefficient (Wildman–Crippen LogP) is 1.65. The van der Waals surface area contributed by atoms with Crippen molar-refractivity contribution in [2.75, 3.05) is 10.7 Å². The highest BCUT2D eigenvalue weighted by Crippen LogP contribution is 2.19. The minimum absolute atomic E-state index is 0.263. The van der Waals surface area contributed by atoms with Crippen LogP contribution in [0.2, 0.25) is 0 Å². The molecule has 1 aromatic rings. The van der Waals surface area contributed by atoms with E-state index in [9.17, 15) is 9.59 Å². The summed E-state index contributed by atoms with van der Waals surface area (Å²) in [6.45, 7) is 0. The number of hydrogen-bond donors (Lipinski definition) is 4. The van der Waals surface area contributed by atoms with Gasteiger partial charge in [-0.15, -0.1) is 0 Å². The van der Waals surface area contributed by atoms with Crippen molar-refractivity contribution >= 4 is 43.9 Å². The van der Waals surface area contributed by atoms with Crippen molar-refractivity contribution in [3.63, 3.8) is 0 Å². The molecule has 0 aliphatic rings. The molecule has 0 atom stereocenters. The van der Waals surface area contributed by atoms with E-state index in [1.54, 1.807) is 46.9 Å². The van der Waals surface area contributed by atoms with Crippen molar-refractivity contribution in [3.05, 3.63) is 24.3 Å². The van der Waals surface area contributed by atoms with Crippen LogP contribution in [-0.2, 0) is 0 Å². The smallest absolute Gasteiger partial charge is 0.316 e. The highest BCUT2D eigenvalue weighted by atomic mass is 127. The van der Waals surface area contributed by atoms with Crippen LogP contribution in [0, 0.1) is 0 Å². The monoisotopic (exact) mass is 320 g/mol. The molecule has 5 N–H and O–H groups in total. The summed E-state index contributed by atoms with van der Waals surface area (Å²) in [5.74, 6) is 0. The Kier molecular flexibility index (Phi) is 4.16. The van der Waals surface area contributed by atoms with Crippen LogP contribution in [0.5, 0.6) is 0 Å². The number of urea groups is 1. The normalized spacial score (nSPS) is 9.13. The van der Waals surface area contributed by atoms with Gasteiger partial charge in [0.15, 0.2) is 0 Å². The van der Waals surface area contributed by atoms with Crippen LogP contribution in [0.15, 0.2) is 24.3 Å². The lowest BCUT2D eigenvalue weighted by Gasteiger charge is -2.11. The lowest BCUT2D eigenvalue weighted by Crippen LogP contribution is -2.25. The Hall–Kier alpha value is -1.51. The van der Waals surface area contributed by atoms with Gasteiger partial charge in [0.25, 0.3) is 3.91 Å². The van der Waals surface area contributed by atoms with E-state index in [1.165, 1.54) is 0 Å². The molecule has 0 radical (unpaired) electrons. The molecule has 7 heteroatoms. The van der Waals surface area contributed by atoms with Crippen LogP contribution in [0.1, 0.15) is 0 Å². The molecule has 0 fully saturated rings. The van der Waals surface area contributed by atoms with Gasteiger partial charge in [-0.3, -0.25) is 15.6 Å². The number of hydrazine groups is 1. The average molecular weight is 320 g/mol. The maximum Gasteiger partial charge on any atom is 0.316 e. The maximum absolute atomic E-state index is 10.7. The van der Waals surface area contributed by atoms with Crippen LogP contribution < -0.4 is 21.9 Å². The molecular weight excluding hydrogens is 311 g/mol. The number of rotatable bonds is 3. The fraction of sp³-hybridized carbons (Fsp3) is 0.